The number of hydrogen-bond donors (Lipinski definition) is 3. The van der Waals surface area contributed by atoms with Gasteiger partial charge in [-0.3, -0.25) is 14.3 Å². The van der Waals surface area contributed by atoms with Gasteiger partial charge in [0.25, 0.3) is 0 Å². The molecule has 0 bridgehead atoms. The number of hydrogen-bond acceptors (Lipinski definition) is 10. The van der Waals surface area contributed by atoms with Crippen LogP contribution in [-0.4, -0.2) is 73.1 Å². The summed E-state index contributed by atoms with van der Waals surface area (Å²) < 4.78 is 21.3. The molecule has 244 valence electrons. The van der Waals surface area contributed by atoms with Crippen LogP contribution in [0.25, 0.3) is 11.2 Å². The minimum Gasteiger partial charge on any atom is -0.397 e. The van der Waals surface area contributed by atoms with E-state index < -0.39 is 12.0 Å². The first-order valence-electron chi connectivity index (χ1n) is 16.1. The lowest BCUT2D eigenvalue weighted by molar-refractivity contribution is -0.199. The Morgan fingerprint density at radius 3 is 2.56 bits per heavy atom. The van der Waals surface area contributed by atoms with Crippen LogP contribution in [0.3, 0.4) is 0 Å². The van der Waals surface area contributed by atoms with Gasteiger partial charge >= 0.3 is 0 Å². The number of fused-ring (bicyclic) bond motifs is 2. The Kier molecular flexibility index (Phi) is 8.30. The molecule has 12 nitrogen and oxygen atoms in total. The Morgan fingerprint density at radius 2 is 1.87 bits per heavy atom. The number of nitrogens with one attached hydrogen (secondary N) is 1. The number of nitrogens with two attached hydrogens (primary N) is 2. The van der Waals surface area contributed by atoms with Gasteiger partial charge < -0.3 is 31.0 Å². The second kappa shape index (κ2) is 11.8. The summed E-state index contributed by atoms with van der Waals surface area (Å²) in [7, 11) is 0. The van der Waals surface area contributed by atoms with Crippen molar-refractivity contribution in [2.75, 3.05) is 23.3 Å². The zero-order valence-electron chi connectivity index (χ0n) is 27.5. The van der Waals surface area contributed by atoms with E-state index in [1.807, 2.05) is 36.6 Å². The van der Waals surface area contributed by atoms with E-state index in [0.717, 1.165) is 24.8 Å². The average molecular weight is 621 g/mol. The molecule has 2 aliphatic heterocycles. The third-order valence-corrected chi connectivity index (χ3v) is 9.49. The van der Waals surface area contributed by atoms with Gasteiger partial charge in [0.05, 0.1) is 17.7 Å². The van der Waals surface area contributed by atoms with Crippen molar-refractivity contribution < 1.29 is 19.0 Å². The fourth-order valence-electron chi connectivity index (χ4n) is 6.97. The molecule has 0 spiro atoms. The molecule has 3 aromatic rings. The molecule has 2 saturated heterocycles. The summed E-state index contributed by atoms with van der Waals surface area (Å²) in [6, 6.07) is 6.63. The van der Waals surface area contributed by atoms with Crippen molar-refractivity contribution in [2.24, 2.45) is 5.92 Å². The van der Waals surface area contributed by atoms with Crippen LogP contribution in [-0.2, 0) is 24.4 Å². The predicted molar refractivity (Wildman–Crippen MR) is 173 cm³/mol. The highest BCUT2D eigenvalue weighted by Crippen LogP contribution is 2.45. The van der Waals surface area contributed by atoms with Gasteiger partial charge in [-0.1, -0.05) is 26.8 Å². The van der Waals surface area contributed by atoms with Crippen LogP contribution in [0.2, 0.25) is 0 Å². The lowest BCUT2D eigenvalue weighted by atomic mass is 9.76. The SMILES string of the molecule is CC(C)N(C[C@H]1OC(n2cnc3c(N)ncnc32)[C@@H]2OC(C)(C)O[C@H]12)C1CC(CCC(=O)Nc2ccc(C(C)(C)C)cc2N)C1. The van der Waals surface area contributed by atoms with Crippen molar-refractivity contribution in [1.29, 1.82) is 0 Å². The van der Waals surface area contributed by atoms with Crippen LogP contribution < -0.4 is 16.8 Å². The number of carbonyl (C=O) groups excluding carboxylic acids is 1. The van der Waals surface area contributed by atoms with E-state index in [4.69, 9.17) is 25.7 Å². The normalized spacial score (nSPS) is 27.7. The quantitative estimate of drug-likeness (QED) is 0.289. The van der Waals surface area contributed by atoms with Crippen LogP contribution in [0.15, 0.2) is 30.9 Å². The zero-order valence-corrected chi connectivity index (χ0v) is 27.5. The maximum absolute atomic E-state index is 12.8. The highest BCUT2D eigenvalue weighted by atomic mass is 16.8. The smallest absolute Gasteiger partial charge is 0.224 e. The fraction of sp³-hybridized carbons (Fsp3) is 0.636. The van der Waals surface area contributed by atoms with E-state index in [0.29, 0.717) is 59.3 Å². The van der Waals surface area contributed by atoms with E-state index in [9.17, 15) is 4.79 Å². The van der Waals surface area contributed by atoms with E-state index in [1.54, 1.807) is 6.33 Å². The van der Waals surface area contributed by atoms with E-state index >= 15 is 0 Å². The first-order chi connectivity index (χ1) is 21.2. The summed E-state index contributed by atoms with van der Waals surface area (Å²) in [6.45, 7) is 15.5. The molecule has 5 N–H and O–H groups in total. The van der Waals surface area contributed by atoms with Crippen LogP contribution in [0, 0.1) is 5.92 Å². The highest BCUT2D eigenvalue weighted by molar-refractivity contribution is 5.93. The second-order valence-corrected chi connectivity index (χ2v) is 14.6. The third kappa shape index (κ3) is 6.38. The zero-order chi connectivity index (χ0) is 32.3. The molecule has 2 aromatic heterocycles. The van der Waals surface area contributed by atoms with Gasteiger partial charge in [0.15, 0.2) is 23.5 Å². The number of ether oxygens (including phenoxy) is 3. The van der Waals surface area contributed by atoms with Crippen molar-refractivity contribution in [2.45, 2.75) is 122 Å². The second-order valence-electron chi connectivity index (χ2n) is 14.6. The van der Waals surface area contributed by atoms with Gasteiger partial charge in [0.1, 0.15) is 30.2 Å². The Hall–Kier alpha value is -3.32. The standard InChI is InChI=1S/C33H48N8O4/c1-18(2)40(21-12-19(13-21)8-11-25(42)39-23-10-9-20(14-22(23)34)32(3,4)5)15-24-27-28(45-33(6,7)44-27)31(43-24)41-17-38-26-29(35)36-16-37-30(26)41/h9-10,14,16-19,21,24,27-28,31H,8,11-13,15,34H2,1-7H3,(H,39,42)(H2,35,36,37)/t19?,21?,24-,27-,28-,31?/m1/s1. The third-order valence-electron chi connectivity index (χ3n) is 9.49. The number of nitrogen functional groups attached to an aromatic ring is 2. The fourth-order valence-corrected chi connectivity index (χ4v) is 6.97. The van der Waals surface area contributed by atoms with Gasteiger partial charge in [-0.2, -0.15) is 0 Å². The van der Waals surface area contributed by atoms with Gasteiger partial charge in [-0.05, 0) is 76.0 Å². The van der Waals surface area contributed by atoms with Crippen LogP contribution in [0.5, 0.6) is 0 Å². The van der Waals surface area contributed by atoms with Crippen molar-refractivity contribution in [3.05, 3.63) is 36.4 Å². The van der Waals surface area contributed by atoms with Gasteiger partial charge in [0.2, 0.25) is 5.91 Å². The van der Waals surface area contributed by atoms with Gasteiger partial charge in [0, 0.05) is 25.0 Å². The lowest BCUT2D eigenvalue weighted by Gasteiger charge is -2.46. The number of carbonyl (C=O) groups is 1. The summed E-state index contributed by atoms with van der Waals surface area (Å²) in [4.78, 5) is 28.2. The molecule has 3 fully saturated rings. The van der Waals surface area contributed by atoms with E-state index in [-0.39, 0.29) is 29.6 Å². The average Bonchev–Trinajstić information content (AvgIpc) is 3.59. The summed E-state index contributed by atoms with van der Waals surface area (Å²) in [5.74, 6) is 0.103. The molecule has 45 heavy (non-hydrogen) atoms. The Morgan fingerprint density at radius 1 is 1.13 bits per heavy atom. The molecule has 0 radical (unpaired) electrons. The first-order valence-corrected chi connectivity index (χ1v) is 16.1. The molecule has 1 unspecified atom stereocenters. The molecule has 4 atom stereocenters. The predicted octanol–water partition coefficient (Wildman–Crippen LogP) is 4.61. The molecular weight excluding hydrogens is 572 g/mol. The van der Waals surface area contributed by atoms with Crippen LogP contribution in [0.4, 0.5) is 17.2 Å². The van der Waals surface area contributed by atoms with Crippen molar-refractivity contribution in [3.63, 3.8) is 0 Å². The minimum atomic E-state index is -0.732. The summed E-state index contributed by atoms with van der Waals surface area (Å²) in [5.41, 5.74) is 15.9. The number of anilines is 3. The largest absolute Gasteiger partial charge is 0.397 e. The molecule has 1 amide bonds. The van der Waals surface area contributed by atoms with Crippen LogP contribution in [0.1, 0.15) is 85.9 Å². The number of amides is 1. The number of rotatable bonds is 9. The topological polar surface area (TPSA) is 156 Å². The first kappa shape index (κ1) is 31.7. The number of nitrogens with zero attached hydrogens (tertiary/aromatic N) is 5. The number of aromatic nitrogens is 4. The van der Waals surface area contributed by atoms with Gasteiger partial charge in [-0.25, -0.2) is 15.0 Å². The van der Waals surface area contributed by atoms with Crippen molar-refractivity contribution in [1.82, 2.24) is 24.4 Å². The molecule has 6 rings (SSSR count). The highest BCUT2D eigenvalue weighted by Gasteiger charge is 2.57. The summed E-state index contributed by atoms with van der Waals surface area (Å²) in [5, 5.41) is 3.01. The summed E-state index contributed by atoms with van der Waals surface area (Å²) in [6.07, 6.45) is 5.32. The van der Waals surface area contributed by atoms with Gasteiger partial charge in [-0.15, -0.1) is 0 Å². The monoisotopic (exact) mass is 620 g/mol. The molecule has 3 aliphatic rings. The van der Waals surface area contributed by atoms with E-state index in [1.165, 1.54) is 6.33 Å². The van der Waals surface area contributed by atoms with Crippen LogP contribution >= 0.6 is 0 Å². The summed E-state index contributed by atoms with van der Waals surface area (Å²) >= 11 is 0. The van der Waals surface area contributed by atoms with E-state index in [2.05, 4.69) is 59.8 Å². The molecule has 1 aliphatic carbocycles. The Labute approximate surface area is 265 Å². The molecule has 12 heteroatoms. The molecular formula is C33H48N8O4. The number of imidazole rings is 1. The Bertz CT molecular complexity index is 1540. The lowest BCUT2D eigenvalue weighted by Crippen LogP contribution is -2.52. The molecule has 4 heterocycles. The maximum Gasteiger partial charge on any atom is 0.224 e. The minimum absolute atomic E-state index is 0.00244. The maximum atomic E-state index is 12.8. The van der Waals surface area contributed by atoms with Crippen molar-refractivity contribution >= 4 is 34.3 Å². The Balaban J connectivity index is 1.06. The molecule has 1 saturated carbocycles. The number of benzene rings is 1. The van der Waals surface area contributed by atoms with Crippen molar-refractivity contribution in [3.8, 4) is 0 Å². The molecule has 1 aromatic carbocycles.